The minimum absolute atomic E-state index is 0.437. The van der Waals surface area contributed by atoms with Gasteiger partial charge in [0.2, 0.25) is 0 Å². The van der Waals surface area contributed by atoms with E-state index in [0.717, 1.165) is 5.56 Å². The molecule has 0 atom stereocenters. The fourth-order valence-electron chi connectivity index (χ4n) is 0.847. The Balaban J connectivity index is 2.63. The van der Waals surface area contributed by atoms with Gasteiger partial charge in [0.15, 0.2) is 0 Å². The molecular formula is C12H12N2O. The predicted molar refractivity (Wildman–Crippen MR) is 60.5 cm³/mol. The zero-order chi connectivity index (χ0) is 11.1. The first-order valence-electron chi connectivity index (χ1n) is 4.50. The van der Waals surface area contributed by atoms with Gasteiger partial charge in [-0.05, 0) is 12.1 Å². The van der Waals surface area contributed by atoms with E-state index in [1.807, 2.05) is 30.3 Å². The summed E-state index contributed by atoms with van der Waals surface area (Å²) in [7, 11) is 3.59. The molecule has 0 aliphatic rings. The minimum Gasteiger partial charge on any atom is -0.369 e. The molecule has 0 unspecified atom stereocenters. The third kappa shape index (κ3) is 4.63. The van der Waals surface area contributed by atoms with E-state index in [1.54, 1.807) is 19.0 Å². The van der Waals surface area contributed by atoms with Crippen molar-refractivity contribution in [3.63, 3.8) is 0 Å². The zero-order valence-corrected chi connectivity index (χ0v) is 8.77. The summed E-state index contributed by atoms with van der Waals surface area (Å²) in [6.45, 7) is 0. The summed E-state index contributed by atoms with van der Waals surface area (Å²) in [5.74, 6) is 4.74. The van der Waals surface area contributed by atoms with Crippen molar-refractivity contribution in [1.29, 1.82) is 0 Å². The van der Waals surface area contributed by atoms with Crippen LogP contribution < -0.4 is 0 Å². The quantitative estimate of drug-likeness (QED) is 0.387. The van der Waals surface area contributed by atoms with E-state index in [-0.39, 0.29) is 0 Å². The van der Waals surface area contributed by atoms with Crippen LogP contribution in [0, 0.1) is 11.8 Å². The van der Waals surface area contributed by atoms with Crippen molar-refractivity contribution >= 4 is 12.2 Å². The average Bonchev–Trinajstić information content (AvgIpc) is 2.25. The number of carbonyl (C=O) groups is 1. The Bertz CT molecular complexity index is 410. The number of nitrogens with zero attached hydrogens (tertiary/aromatic N) is 2. The lowest BCUT2D eigenvalue weighted by Gasteiger charge is -1.99. The molecule has 1 aromatic carbocycles. The maximum absolute atomic E-state index is 11.1. The molecule has 1 rings (SSSR count). The molecule has 0 N–H and O–H groups in total. The van der Waals surface area contributed by atoms with Crippen LogP contribution >= 0.6 is 0 Å². The lowest BCUT2D eigenvalue weighted by atomic mass is 10.2. The molecule has 0 radical (unpaired) electrons. The van der Waals surface area contributed by atoms with Crippen LogP contribution in [0.25, 0.3) is 0 Å². The molecule has 76 valence electrons. The number of carbonyl (C=O) groups excluding carboxylic acids is 1. The van der Waals surface area contributed by atoms with E-state index in [1.165, 1.54) is 6.34 Å². The number of hydrogen-bond acceptors (Lipinski definition) is 1. The van der Waals surface area contributed by atoms with Crippen molar-refractivity contribution in [1.82, 2.24) is 4.90 Å². The molecule has 0 bridgehead atoms. The van der Waals surface area contributed by atoms with Gasteiger partial charge in [-0.3, -0.25) is 4.79 Å². The van der Waals surface area contributed by atoms with Crippen molar-refractivity contribution in [2.24, 2.45) is 4.99 Å². The van der Waals surface area contributed by atoms with Crippen molar-refractivity contribution in [3.05, 3.63) is 35.9 Å². The molecule has 0 saturated carbocycles. The van der Waals surface area contributed by atoms with Gasteiger partial charge in [0.05, 0.1) is 6.34 Å². The largest absolute Gasteiger partial charge is 0.369 e. The number of hydrogen-bond donors (Lipinski definition) is 0. The fraction of sp³-hybridized carbons (Fsp3) is 0.167. The molecule has 15 heavy (non-hydrogen) atoms. The van der Waals surface area contributed by atoms with Crippen LogP contribution in [-0.2, 0) is 4.79 Å². The summed E-state index contributed by atoms with van der Waals surface area (Å²) in [6, 6.07) is 9.33. The Kier molecular flexibility index (Phi) is 4.11. The molecule has 0 aliphatic carbocycles. The van der Waals surface area contributed by atoms with Crippen LogP contribution in [0.1, 0.15) is 5.56 Å². The van der Waals surface area contributed by atoms with Gasteiger partial charge in [-0.15, -0.1) is 0 Å². The molecule has 0 spiro atoms. The van der Waals surface area contributed by atoms with Gasteiger partial charge < -0.3 is 4.90 Å². The maximum atomic E-state index is 11.1. The molecule has 0 fully saturated rings. The number of rotatable bonds is 1. The molecular weight excluding hydrogens is 188 g/mol. The van der Waals surface area contributed by atoms with Crippen molar-refractivity contribution < 1.29 is 4.79 Å². The average molecular weight is 200 g/mol. The first-order valence-corrected chi connectivity index (χ1v) is 4.50. The predicted octanol–water partition coefficient (Wildman–Crippen LogP) is 1.15. The van der Waals surface area contributed by atoms with Crippen LogP contribution in [0.2, 0.25) is 0 Å². The number of amides is 1. The summed E-state index contributed by atoms with van der Waals surface area (Å²) in [5, 5.41) is 0. The third-order valence-corrected chi connectivity index (χ3v) is 1.49. The standard InChI is InChI=1S/C12H12N2O/c1-14(2)10-13-12(15)9-8-11-6-4-3-5-7-11/h3-7,10H,1-2H3/b13-10+. The van der Waals surface area contributed by atoms with Crippen molar-refractivity contribution in [2.75, 3.05) is 14.1 Å². The highest BCUT2D eigenvalue weighted by molar-refractivity contribution is 5.98. The zero-order valence-electron chi connectivity index (χ0n) is 8.77. The third-order valence-electron chi connectivity index (χ3n) is 1.49. The van der Waals surface area contributed by atoms with E-state index < -0.39 is 5.91 Å². The highest BCUT2D eigenvalue weighted by Crippen LogP contribution is 1.94. The van der Waals surface area contributed by atoms with E-state index in [0.29, 0.717) is 0 Å². The van der Waals surface area contributed by atoms with E-state index >= 15 is 0 Å². The highest BCUT2D eigenvalue weighted by atomic mass is 16.1. The van der Waals surface area contributed by atoms with E-state index in [2.05, 4.69) is 16.8 Å². The summed E-state index contributed by atoms with van der Waals surface area (Å²) in [4.78, 5) is 16.4. The lowest BCUT2D eigenvalue weighted by molar-refractivity contribution is -0.112. The van der Waals surface area contributed by atoms with Gasteiger partial charge in [0.1, 0.15) is 0 Å². The molecule has 0 aliphatic heterocycles. The highest BCUT2D eigenvalue weighted by Gasteiger charge is 1.89. The van der Waals surface area contributed by atoms with Crippen LogP contribution in [0.5, 0.6) is 0 Å². The van der Waals surface area contributed by atoms with Crippen LogP contribution in [0.4, 0.5) is 0 Å². The van der Waals surface area contributed by atoms with Crippen molar-refractivity contribution in [2.45, 2.75) is 0 Å². The molecule has 0 aromatic heterocycles. The molecule has 0 heterocycles. The molecule has 1 aromatic rings. The monoisotopic (exact) mass is 200 g/mol. The van der Waals surface area contributed by atoms with Crippen LogP contribution in [-0.4, -0.2) is 31.2 Å². The second-order valence-electron chi connectivity index (χ2n) is 3.13. The fourth-order valence-corrected chi connectivity index (χ4v) is 0.847. The Morgan fingerprint density at radius 1 is 1.33 bits per heavy atom. The normalized spacial score (nSPS) is 9.47. The Morgan fingerprint density at radius 3 is 2.60 bits per heavy atom. The van der Waals surface area contributed by atoms with Gasteiger partial charge >= 0.3 is 5.91 Å². The summed E-state index contributed by atoms with van der Waals surface area (Å²) in [5.41, 5.74) is 0.811. The first-order chi connectivity index (χ1) is 7.18. The van der Waals surface area contributed by atoms with E-state index in [9.17, 15) is 4.79 Å². The minimum atomic E-state index is -0.437. The van der Waals surface area contributed by atoms with Crippen LogP contribution in [0.3, 0.4) is 0 Å². The first kappa shape index (κ1) is 11.0. The van der Waals surface area contributed by atoms with Gasteiger partial charge in [0.25, 0.3) is 0 Å². The summed E-state index contributed by atoms with van der Waals surface area (Å²) in [6.07, 6.45) is 1.43. The SMILES string of the molecule is CN(C)/C=N/C(=O)C#Cc1ccccc1. The Hall–Kier alpha value is -2.08. The van der Waals surface area contributed by atoms with Gasteiger partial charge in [-0.2, -0.15) is 4.99 Å². The van der Waals surface area contributed by atoms with Gasteiger partial charge in [0, 0.05) is 25.6 Å². The Labute approximate surface area is 89.4 Å². The maximum Gasteiger partial charge on any atom is 0.323 e. The number of benzene rings is 1. The molecule has 3 heteroatoms. The number of aliphatic imine (C=N–C) groups is 1. The molecule has 0 saturated heterocycles. The summed E-state index contributed by atoms with van der Waals surface area (Å²) < 4.78 is 0. The van der Waals surface area contributed by atoms with Crippen molar-refractivity contribution in [3.8, 4) is 11.8 Å². The lowest BCUT2D eigenvalue weighted by Crippen LogP contribution is -2.09. The molecule has 1 amide bonds. The molecule has 3 nitrogen and oxygen atoms in total. The van der Waals surface area contributed by atoms with Gasteiger partial charge in [-0.25, -0.2) is 0 Å². The second kappa shape index (κ2) is 5.61. The topological polar surface area (TPSA) is 32.7 Å². The summed E-state index contributed by atoms with van der Waals surface area (Å²) >= 11 is 0. The second-order valence-corrected chi connectivity index (χ2v) is 3.13. The van der Waals surface area contributed by atoms with E-state index in [4.69, 9.17) is 0 Å². The van der Waals surface area contributed by atoms with Crippen LogP contribution in [0.15, 0.2) is 35.3 Å². The van der Waals surface area contributed by atoms with Gasteiger partial charge in [-0.1, -0.05) is 24.1 Å². The Morgan fingerprint density at radius 2 is 2.00 bits per heavy atom. The smallest absolute Gasteiger partial charge is 0.323 e.